The van der Waals surface area contributed by atoms with Gasteiger partial charge in [-0.25, -0.2) is 4.98 Å². The van der Waals surface area contributed by atoms with Crippen LogP contribution in [0.2, 0.25) is 0 Å². The summed E-state index contributed by atoms with van der Waals surface area (Å²) >= 11 is 0. The first-order valence-electron chi connectivity index (χ1n) is 10.5. The zero-order chi connectivity index (χ0) is 22.5. The normalized spacial score (nSPS) is 12.0. The molecule has 6 nitrogen and oxygen atoms in total. The van der Waals surface area contributed by atoms with E-state index in [1.54, 1.807) is 19.5 Å². The van der Waals surface area contributed by atoms with E-state index < -0.39 is 0 Å². The third-order valence-corrected chi connectivity index (χ3v) is 5.50. The first-order valence-corrected chi connectivity index (χ1v) is 10.5. The SMILES string of the molecule is COc1ccc([C@@H](CNC(=O)c2cc(-c3cccnc3)nc3ccccc23)N(C)C)cc1. The van der Waals surface area contributed by atoms with Crippen LogP contribution < -0.4 is 10.1 Å². The Kier molecular flexibility index (Phi) is 6.42. The molecule has 2 aromatic carbocycles. The van der Waals surface area contributed by atoms with Crippen molar-refractivity contribution < 1.29 is 9.53 Å². The quantitative estimate of drug-likeness (QED) is 0.476. The van der Waals surface area contributed by atoms with Gasteiger partial charge in [-0.1, -0.05) is 30.3 Å². The molecule has 6 heteroatoms. The molecule has 162 valence electrons. The van der Waals surface area contributed by atoms with E-state index in [0.29, 0.717) is 12.1 Å². The Hall–Kier alpha value is -3.77. The highest BCUT2D eigenvalue weighted by Gasteiger charge is 2.18. The summed E-state index contributed by atoms with van der Waals surface area (Å²) in [5, 5.41) is 3.95. The zero-order valence-electron chi connectivity index (χ0n) is 18.4. The molecule has 0 saturated carbocycles. The fourth-order valence-corrected chi connectivity index (χ4v) is 3.73. The van der Waals surface area contributed by atoms with E-state index in [4.69, 9.17) is 9.72 Å². The Labute approximate surface area is 187 Å². The average molecular weight is 427 g/mol. The molecule has 0 spiro atoms. The number of pyridine rings is 2. The van der Waals surface area contributed by atoms with E-state index in [1.165, 1.54) is 0 Å². The molecule has 0 aliphatic rings. The van der Waals surface area contributed by atoms with Crippen LogP contribution in [-0.4, -0.2) is 48.5 Å². The van der Waals surface area contributed by atoms with Gasteiger partial charge in [-0.2, -0.15) is 0 Å². The van der Waals surface area contributed by atoms with E-state index in [0.717, 1.165) is 33.5 Å². The van der Waals surface area contributed by atoms with Crippen molar-refractivity contribution in [3.8, 4) is 17.0 Å². The van der Waals surface area contributed by atoms with Crippen molar-refractivity contribution in [2.75, 3.05) is 27.7 Å². The Balaban J connectivity index is 1.62. The lowest BCUT2D eigenvalue weighted by molar-refractivity contribution is 0.0943. The molecule has 1 N–H and O–H groups in total. The highest BCUT2D eigenvalue weighted by Crippen LogP contribution is 2.25. The molecule has 4 aromatic rings. The van der Waals surface area contributed by atoms with E-state index in [2.05, 4.69) is 15.2 Å². The Morgan fingerprint density at radius 2 is 1.84 bits per heavy atom. The van der Waals surface area contributed by atoms with Crippen LogP contribution in [0.1, 0.15) is 22.0 Å². The lowest BCUT2D eigenvalue weighted by Gasteiger charge is -2.25. The van der Waals surface area contributed by atoms with Gasteiger partial charge in [0, 0.05) is 29.9 Å². The predicted molar refractivity (Wildman–Crippen MR) is 127 cm³/mol. The second-order valence-corrected chi connectivity index (χ2v) is 7.78. The van der Waals surface area contributed by atoms with Crippen molar-refractivity contribution in [3.63, 3.8) is 0 Å². The number of ether oxygens (including phenoxy) is 1. The Morgan fingerprint density at radius 3 is 2.53 bits per heavy atom. The van der Waals surface area contributed by atoms with Crippen LogP contribution in [0, 0.1) is 0 Å². The minimum absolute atomic E-state index is 0.0238. The zero-order valence-corrected chi connectivity index (χ0v) is 18.4. The van der Waals surface area contributed by atoms with Gasteiger partial charge in [0.15, 0.2) is 0 Å². The van der Waals surface area contributed by atoms with E-state index >= 15 is 0 Å². The summed E-state index contributed by atoms with van der Waals surface area (Å²) in [6.45, 7) is 0.469. The number of benzene rings is 2. The fraction of sp³-hybridized carbons (Fsp3) is 0.192. The minimum Gasteiger partial charge on any atom is -0.497 e. The second-order valence-electron chi connectivity index (χ2n) is 7.78. The summed E-state index contributed by atoms with van der Waals surface area (Å²) in [5.41, 5.74) is 4.07. The number of amides is 1. The summed E-state index contributed by atoms with van der Waals surface area (Å²) in [4.78, 5) is 24.3. The fourth-order valence-electron chi connectivity index (χ4n) is 3.73. The van der Waals surface area contributed by atoms with Crippen molar-refractivity contribution in [1.29, 1.82) is 0 Å². The number of rotatable bonds is 7. The number of methoxy groups -OCH3 is 1. The molecule has 2 heterocycles. The molecule has 1 atom stereocenters. The number of likely N-dealkylation sites (N-methyl/N-ethyl adjacent to an activating group) is 1. The lowest BCUT2D eigenvalue weighted by atomic mass is 10.0. The van der Waals surface area contributed by atoms with Crippen LogP contribution in [0.3, 0.4) is 0 Å². The van der Waals surface area contributed by atoms with Crippen LogP contribution in [0.4, 0.5) is 0 Å². The standard InChI is InChI=1S/C26H26N4O2/c1-30(2)25(18-10-12-20(32-3)13-11-18)17-28-26(31)22-15-24(19-7-6-14-27-16-19)29-23-9-5-4-8-21(22)23/h4-16,25H,17H2,1-3H3,(H,28,31)/t25-/m1/s1. The van der Waals surface area contributed by atoms with Gasteiger partial charge in [-0.15, -0.1) is 0 Å². The van der Waals surface area contributed by atoms with E-state index in [-0.39, 0.29) is 11.9 Å². The summed E-state index contributed by atoms with van der Waals surface area (Å²) in [6.07, 6.45) is 3.48. The first kappa shape index (κ1) is 21.5. The summed E-state index contributed by atoms with van der Waals surface area (Å²) in [7, 11) is 5.66. The van der Waals surface area contributed by atoms with Crippen molar-refractivity contribution in [1.82, 2.24) is 20.2 Å². The molecule has 4 rings (SSSR count). The number of hydrogen-bond acceptors (Lipinski definition) is 5. The number of fused-ring (bicyclic) bond motifs is 1. The molecule has 0 unspecified atom stereocenters. The lowest BCUT2D eigenvalue weighted by Crippen LogP contribution is -2.34. The van der Waals surface area contributed by atoms with Crippen LogP contribution in [-0.2, 0) is 0 Å². The van der Waals surface area contributed by atoms with Crippen molar-refractivity contribution in [3.05, 3.63) is 90.3 Å². The molecule has 2 aromatic heterocycles. The maximum Gasteiger partial charge on any atom is 0.252 e. The summed E-state index contributed by atoms with van der Waals surface area (Å²) in [6, 6.07) is 21.3. The number of aromatic nitrogens is 2. The van der Waals surface area contributed by atoms with Gasteiger partial charge < -0.3 is 15.0 Å². The second kappa shape index (κ2) is 9.58. The van der Waals surface area contributed by atoms with Gasteiger partial charge in [-0.3, -0.25) is 9.78 Å². The van der Waals surface area contributed by atoms with Crippen molar-refractivity contribution in [2.24, 2.45) is 0 Å². The first-order chi connectivity index (χ1) is 15.6. The molecule has 0 saturated heterocycles. The van der Waals surface area contributed by atoms with Crippen molar-refractivity contribution >= 4 is 16.8 Å². The summed E-state index contributed by atoms with van der Waals surface area (Å²) in [5.74, 6) is 0.676. The van der Waals surface area contributed by atoms with Gasteiger partial charge in [-0.05, 0) is 56.1 Å². The molecule has 0 aliphatic carbocycles. The van der Waals surface area contributed by atoms with Crippen LogP contribution >= 0.6 is 0 Å². The topological polar surface area (TPSA) is 67.3 Å². The molecule has 0 aliphatic heterocycles. The van der Waals surface area contributed by atoms with Gasteiger partial charge in [0.1, 0.15) is 5.75 Å². The average Bonchev–Trinajstić information content (AvgIpc) is 2.84. The number of nitrogens with zero attached hydrogens (tertiary/aromatic N) is 3. The van der Waals surface area contributed by atoms with E-state index in [1.807, 2.05) is 80.8 Å². The third kappa shape index (κ3) is 4.60. The molecule has 0 fully saturated rings. The Morgan fingerprint density at radius 1 is 1.06 bits per heavy atom. The van der Waals surface area contributed by atoms with Gasteiger partial charge >= 0.3 is 0 Å². The van der Waals surface area contributed by atoms with Gasteiger partial charge in [0.2, 0.25) is 0 Å². The number of para-hydroxylation sites is 1. The number of carbonyl (C=O) groups is 1. The Bertz CT molecular complexity index is 1210. The van der Waals surface area contributed by atoms with Crippen LogP contribution in [0.25, 0.3) is 22.2 Å². The largest absolute Gasteiger partial charge is 0.497 e. The maximum atomic E-state index is 13.3. The van der Waals surface area contributed by atoms with Crippen molar-refractivity contribution in [2.45, 2.75) is 6.04 Å². The summed E-state index contributed by atoms with van der Waals surface area (Å²) < 4.78 is 5.26. The van der Waals surface area contributed by atoms with Gasteiger partial charge in [0.25, 0.3) is 5.91 Å². The maximum absolute atomic E-state index is 13.3. The molecular weight excluding hydrogens is 400 g/mol. The molecule has 1 amide bonds. The number of nitrogens with one attached hydrogen (secondary N) is 1. The van der Waals surface area contributed by atoms with Crippen LogP contribution in [0.5, 0.6) is 5.75 Å². The minimum atomic E-state index is -0.130. The predicted octanol–water partition coefficient (Wildman–Crippen LogP) is 4.34. The monoisotopic (exact) mass is 426 g/mol. The molecular formula is C26H26N4O2. The highest BCUT2D eigenvalue weighted by molar-refractivity contribution is 6.07. The van der Waals surface area contributed by atoms with Crippen LogP contribution in [0.15, 0.2) is 79.1 Å². The van der Waals surface area contributed by atoms with Gasteiger partial charge in [0.05, 0.1) is 29.9 Å². The number of hydrogen-bond donors (Lipinski definition) is 1. The highest BCUT2D eigenvalue weighted by atomic mass is 16.5. The smallest absolute Gasteiger partial charge is 0.252 e. The van der Waals surface area contributed by atoms with E-state index in [9.17, 15) is 4.79 Å². The number of carbonyl (C=O) groups excluding carboxylic acids is 1. The molecule has 0 radical (unpaired) electrons. The third-order valence-electron chi connectivity index (χ3n) is 5.50. The molecule has 32 heavy (non-hydrogen) atoms. The molecule has 0 bridgehead atoms.